The number of alkyl halides is 1. The van der Waals surface area contributed by atoms with Crippen LogP contribution < -0.4 is 0 Å². The minimum atomic E-state index is 0.229. The van der Waals surface area contributed by atoms with Gasteiger partial charge in [-0.05, 0) is 30.9 Å². The smallest absolute Gasteiger partial charge is 0.0418 e. The molecular weight excluding hydrogens is 194 g/mol. The Labute approximate surface area is 91.5 Å². The van der Waals surface area contributed by atoms with Crippen molar-refractivity contribution in [1.29, 1.82) is 0 Å². The van der Waals surface area contributed by atoms with E-state index >= 15 is 0 Å². The lowest BCUT2D eigenvalue weighted by atomic mass is 10.0. The number of aromatic nitrogens is 1. The molecule has 0 aliphatic heterocycles. The van der Waals surface area contributed by atoms with Gasteiger partial charge in [0.1, 0.15) is 0 Å². The maximum Gasteiger partial charge on any atom is 0.0418 e. The van der Waals surface area contributed by atoms with Crippen molar-refractivity contribution in [3.63, 3.8) is 0 Å². The highest BCUT2D eigenvalue weighted by Gasteiger charge is 2.07. The van der Waals surface area contributed by atoms with Gasteiger partial charge in [0, 0.05) is 23.7 Å². The van der Waals surface area contributed by atoms with Crippen molar-refractivity contribution in [2.24, 2.45) is 5.92 Å². The predicted molar refractivity (Wildman–Crippen MR) is 61.7 cm³/mol. The van der Waals surface area contributed by atoms with Gasteiger partial charge in [0.15, 0.2) is 0 Å². The minimum Gasteiger partial charge on any atom is -0.261 e. The SMILES string of the molecule is CC(C)CCC(Cl)Cc1ccccn1. The topological polar surface area (TPSA) is 12.9 Å². The van der Waals surface area contributed by atoms with Crippen molar-refractivity contribution in [2.45, 2.75) is 38.5 Å². The fraction of sp³-hybridized carbons (Fsp3) is 0.583. The van der Waals surface area contributed by atoms with Gasteiger partial charge in [-0.2, -0.15) is 0 Å². The van der Waals surface area contributed by atoms with Crippen LogP contribution >= 0.6 is 11.6 Å². The van der Waals surface area contributed by atoms with Crippen LogP contribution in [-0.2, 0) is 6.42 Å². The third kappa shape index (κ3) is 4.61. The maximum absolute atomic E-state index is 6.22. The molecule has 0 aromatic carbocycles. The Kier molecular flexibility index (Phi) is 4.95. The quantitative estimate of drug-likeness (QED) is 0.678. The van der Waals surface area contributed by atoms with Gasteiger partial charge in [-0.1, -0.05) is 19.9 Å². The Morgan fingerprint density at radius 2 is 2.07 bits per heavy atom. The van der Waals surface area contributed by atoms with Crippen LogP contribution in [0.3, 0.4) is 0 Å². The molecule has 0 aliphatic carbocycles. The molecule has 0 saturated heterocycles. The number of hydrogen-bond acceptors (Lipinski definition) is 1. The Morgan fingerprint density at radius 3 is 2.64 bits per heavy atom. The molecule has 0 spiro atoms. The predicted octanol–water partition coefficient (Wildman–Crippen LogP) is 3.67. The van der Waals surface area contributed by atoms with Crippen LogP contribution in [0.5, 0.6) is 0 Å². The highest BCUT2D eigenvalue weighted by Crippen LogP contribution is 2.14. The molecular formula is C12H18ClN. The van der Waals surface area contributed by atoms with Crippen LogP contribution in [0.1, 0.15) is 32.4 Å². The fourth-order valence-electron chi connectivity index (χ4n) is 1.36. The van der Waals surface area contributed by atoms with Crippen LogP contribution in [-0.4, -0.2) is 10.4 Å². The van der Waals surface area contributed by atoms with E-state index in [1.165, 1.54) is 6.42 Å². The van der Waals surface area contributed by atoms with E-state index in [4.69, 9.17) is 11.6 Å². The molecule has 0 fully saturated rings. The minimum absolute atomic E-state index is 0.229. The van der Waals surface area contributed by atoms with E-state index in [2.05, 4.69) is 18.8 Å². The van der Waals surface area contributed by atoms with Crippen LogP contribution in [0.15, 0.2) is 24.4 Å². The van der Waals surface area contributed by atoms with E-state index < -0.39 is 0 Å². The molecule has 0 radical (unpaired) electrons. The summed E-state index contributed by atoms with van der Waals surface area (Å²) in [5, 5.41) is 0.229. The lowest BCUT2D eigenvalue weighted by Gasteiger charge is -2.10. The normalized spacial score (nSPS) is 13.1. The fourth-order valence-corrected chi connectivity index (χ4v) is 1.65. The Morgan fingerprint density at radius 1 is 1.29 bits per heavy atom. The summed E-state index contributed by atoms with van der Waals surface area (Å²) in [5.41, 5.74) is 1.09. The van der Waals surface area contributed by atoms with E-state index in [0.717, 1.165) is 24.5 Å². The summed E-state index contributed by atoms with van der Waals surface area (Å²) < 4.78 is 0. The second kappa shape index (κ2) is 6.02. The summed E-state index contributed by atoms with van der Waals surface area (Å²) in [6.45, 7) is 4.45. The maximum atomic E-state index is 6.22. The molecule has 0 aliphatic rings. The monoisotopic (exact) mass is 211 g/mol. The molecule has 1 rings (SSSR count). The van der Waals surface area contributed by atoms with Gasteiger partial charge in [0.25, 0.3) is 0 Å². The largest absolute Gasteiger partial charge is 0.261 e. The van der Waals surface area contributed by atoms with Crippen molar-refractivity contribution in [3.8, 4) is 0 Å². The van der Waals surface area contributed by atoms with Crippen LogP contribution in [0.2, 0.25) is 0 Å². The molecule has 1 aromatic heterocycles. The van der Waals surface area contributed by atoms with Crippen molar-refractivity contribution in [2.75, 3.05) is 0 Å². The zero-order valence-electron chi connectivity index (χ0n) is 8.91. The molecule has 0 bridgehead atoms. The molecule has 1 atom stereocenters. The molecule has 0 amide bonds. The first-order chi connectivity index (χ1) is 6.68. The van der Waals surface area contributed by atoms with Gasteiger partial charge >= 0.3 is 0 Å². The molecule has 0 N–H and O–H groups in total. The second-order valence-electron chi connectivity index (χ2n) is 4.09. The molecule has 1 aromatic rings. The zero-order chi connectivity index (χ0) is 10.4. The van der Waals surface area contributed by atoms with Gasteiger partial charge in [-0.3, -0.25) is 4.98 Å². The molecule has 14 heavy (non-hydrogen) atoms. The molecule has 1 unspecified atom stereocenters. The summed E-state index contributed by atoms with van der Waals surface area (Å²) >= 11 is 6.22. The van der Waals surface area contributed by atoms with Gasteiger partial charge < -0.3 is 0 Å². The van der Waals surface area contributed by atoms with Crippen LogP contribution in [0, 0.1) is 5.92 Å². The Hall–Kier alpha value is -0.560. The number of nitrogens with zero attached hydrogens (tertiary/aromatic N) is 1. The first-order valence-electron chi connectivity index (χ1n) is 5.22. The Bertz CT molecular complexity index is 246. The highest BCUT2D eigenvalue weighted by molar-refractivity contribution is 6.20. The van der Waals surface area contributed by atoms with Crippen LogP contribution in [0.4, 0.5) is 0 Å². The lowest BCUT2D eigenvalue weighted by Crippen LogP contribution is -2.06. The van der Waals surface area contributed by atoms with Crippen molar-refractivity contribution in [3.05, 3.63) is 30.1 Å². The average Bonchev–Trinajstić information content (AvgIpc) is 2.16. The average molecular weight is 212 g/mol. The second-order valence-corrected chi connectivity index (χ2v) is 4.71. The van der Waals surface area contributed by atoms with Crippen molar-refractivity contribution >= 4 is 11.6 Å². The molecule has 1 heterocycles. The van der Waals surface area contributed by atoms with Gasteiger partial charge in [-0.25, -0.2) is 0 Å². The molecule has 0 saturated carbocycles. The van der Waals surface area contributed by atoms with Crippen molar-refractivity contribution in [1.82, 2.24) is 4.98 Å². The number of hydrogen-bond donors (Lipinski definition) is 0. The summed E-state index contributed by atoms with van der Waals surface area (Å²) in [6, 6.07) is 5.97. The van der Waals surface area contributed by atoms with Gasteiger partial charge in [0.2, 0.25) is 0 Å². The van der Waals surface area contributed by atoms with E-state index in [1.54, 1.807) is 0 Å². The number of pyridine rings is 1. The number of halogens is 1. The summed E-state index contributed by atoms with van der Waals surface area (Å²) in [5.74, 6) is 0.736. The third-order valence-corrected chi connectivity index (χ3v) is 2.59. The molecule has 1 nitrogen and oxygen atoms in total. The Balaban J connectivity index is 2.30. The number of rotatable bonds is 5. The summed E-state index contributed by atoms with van der Waals surface area (Å²) in [4.78, 5) is 4.26. The van der Waals surface area contributed by atoms with Gasteiger partial charge in [0.05, 0.1) is 0 Å². The third-order valence-electron chi connectivity index (χ3n) is 2.21. The summed E-state index contributed by atoms with van der Waals surface area (Å²) in [7, 11) is 0. The van der Waals surface area contributed by atoms with E-state index in [-0.39, 0.29) is 5.38 Å². The van der Waals surface area contributed by atoms with E-state index in [0.29, 0.717) is 0 Å². The van der Waals surface area contributed by atoms with E-state index in [1.807, 2.05) is 24.4 Å². The standard InChI is InChI=1S/C12H18ClN/c1-10(2)6-7-11(13)9-12-5-3-4-8-14-12/h3-5,8,10-11H,6-7,9H2,1-2H3. The van der Waals surface area contributed by atoms with Gasteiger partial charge in [-0.15, -0.1) is 11.6 Å². The first-order valence-corrected chi connectivity index (χ1v) is 5.66. The van der Waals surface area contributed by atoms with Crippen LogP contribution in [0.25, 0.3) is 0 Å². The summed E-state index contributed by atoms with van der Waals surface area (Å²) in [6.07, 6.45) is 4.98. The molecule has 2 heteroatoms. The zero-order valence-corrected chi connectivity index (χ0v) is 9.67. The molecule has 78 valence electrons. The lowest BCUT2D eigenvalue weighted by molar-refractivity contribution is 0.540. The van der Waals surface area contributed by atoms with E-state index in [9.17, 15) is 0 Å². The highest BCUT2D eigenvalue weighted by atomic mass is 35.5. The van der Waals surface area contributed by atoms with Crippen molar-refractivity contribution < 1.29 is 0 Å². The first kappa shape index (κ1) is 11.5.